The molecule has 0 spiro atoms. The van der Waals surface area contributed by atoms with Crippen LogP contribution in [-0.2, 0) is 27.7 Å². The van der Waals surface area contributed by atoms with E-state index in [4.69, 9.17) is 0 Å². The molecule has 1 atom stereocenters. The van der Waals surface area contributed by atoms with Crippen LogP contribution in [0.1, 0.15) is 73.6 Å². The summed E-state index contributed by atoms with van der Waals surface area (Å²) in [4.78, 5) is 0. The fraction of sp³-hybridized carbons (Fsp3) is 0.308. The Morgan fingerprint density at radius 1 is 0.786 bits per heavy atom. The minimum absolute atomic E-state index is 0. The summed E-state index contributed by atoms with van der Waals surface area (Å²) in [5.74, 6) is 0.489. The number of hydrogen-bond donors (Lipinski definition) is 0. The van der Waals surface area contributed by atoms with Gasteiger partial charge in [-0.1, -0.05) is 0 Å². The number of rotatable bonds is 3. The number of fused-ring (bicyclic) bond motifs is 4. The third kappa shape index (κ3) is 5.63. The van der Waals surface area contributed by atoms with Gasteiger partial charge < -0.3 is 24.8 Å². The predicted molar refractivity (Wildman–Crippen MR) is 172 cm³/mol. The van der Waals surface area contributed by atoms with Crippen LogP contribution in [0.15, 0.2) is 81.7 Å². The van der Waals surface area contributed by atoms with Crippen LogP contribution in [0.4, 0.5) is 0 Å². The van der Waals surface area contributed by atoms with Crippen LogP contribution in [0.3, 0.4) is 0 Å². The van der Waals surface area contributed by atoms with Crippen LogP contribution in [0.5, 0.6) is 0 Å². The van der Waals surface area contributed by atoms with Crippen LogP contribution in [-0.4, -0.2) is 3.21 Å². The van der Waals surface area contributed by atoms with E-state index in [2.05, 4.69) is 135 Å². The summed E-state index contributed by atoms with van der Waals surface area (Å²) >= 11 is -2.58. The van der Waals surface area contributed by atoms with Gasteiger partial charge in [-0.25, -0.2) is 0 Å². The molecule has 0 saturated carbocycles. The molecule has 0 bridgehead atoms. The average molecular weight is 673 g/mol. The first kappa shape index (κ1) is 32.9. The molecule has 42 heavy (non-hydrogen) atoms. The summed E-state index contributed by atoms with van der Waals surface area (Å²) in [6.07, 6.45) is 6.27. The number of benzene rings is 4. The van der Waals surface area contributed by atoms with Crippen molar-refractivity contribution in [3.63, 3.8) is 0 Å². The zero-order valence-corrected chi connectivity index (χ0v) is 30.4. The summed E-state index contributed by atoms with van der Waals surface area (Å²) in [5, 5.41) is 2.66. The van der Waals surface area contributed by atoms with Crippen molar-refractivity contribution in [1.29, 1.82) is 0 Å². The molecular formula is C39H42Cl2Zr. The van der Waals surface area contributed by atoms with Gasteiger partial charge in [0.2, 0.25) is 0 Å². The van der Waals surface area contributed by atoms with Crippen LogP contribution in [0, 0.1) is 39.0 Å². The zero-order valence-electron chi connectivity index (χ0n) is 26.5. The van der Waals surface area contributed by atoms with Crippen LogP contribution in [0.25, 0.3) is 21.9 Å². The van der Waals surface area contributed by atoms with Gasteiger partial charge in [-0.15, -0.1) is 0 Å². The van der Waals surface area contributed by atoms with E-state index in [0.29, 0.717) is 5.92 Å². The van der Waals surface area contributed by atoms with Gasteiger partial charge in [0.05, 0.1) is 0 Å². The van der Waals surface area contributed by atoms with E-state index in [1.165, 1.54) is 60.9 Å². The number of hydrogen-bond acceptors (Lipinski definition) is 0. The SMILES string of the molecule is C/[C](c1ccc2ccccc2c1)=[Zr+2](\[C]1=CC(C(C)(C)C)=CC1C)[c]1c(C)c(C)cc2c1Cc1cc(C)c(C)cc1-2.[Cl-].[Cl-]. The van der Waals surface area contributed by atoms with Crippen molar-refractivity contribution in [2.75, 3.05) is 0 Å². The molecule has 0 heterocycles. The smallest absolute Gasteiger partial charge is 1.00 e. The third-order valence-electron chi connectivity index (χ3n) is 9.52. The van der Waals surface area contributed by atoms with Crippen molar-refractivity contribution in [3.05, 3.63) is 121 Å². The Balaban J connectivity index is 0.00000202. The summed E-state index contributed by atoms with van der Waals surface area (Å²) in [6, 6.07) is 23.4. The summed E-state index contributed by atoms with van der Waals surface area (Å²) in [5.41, 5.74) is 15.0. The summed E-state index contributed by atoms with van der Waals surface area (Å²) in [7, 11) is 0. The third-order valence-corrected chi connectivity index (χ3v) is 17.9. The molecule has 2 aliphatic rings. The predicted octanol–water partition coefficient (Wildman–Crippen LogP) is 3.64. The topological polar surface area (TPSA) is 0 Å². The Bertz CT molecular complexity index is 1810. The van der Waals surface area contributed by atoms with Crippen molar-refractivity contribution in [3.8, 4) is 11.1 Å². The second-order valence-corrected chi connectivity index (χ2v) is 19.6. The molecule has 0 aromatic heterocycles. The molecule has 3 heteroatoms. The Morgan fingerprint density at radius 3 is 2.10 bits per heavy atom. The zero-order chi connectivity index (χ0) is 28.5. The standard InChI is InChI=1S/C17H17.C12H10.C10H15.2ClH.Zr/c1-10-5-14-9-15-6-11(2)13(4)8-17(15)16(14)7-12(10)3;1-2-10-7-8-11-5-3-4-6-12(11)9-10;1-8-5-6-9(7-8)10(2,3)4;;;/h5,7-8H,9H2,1-4H3;3-9H,1H3;6-8H,1-4H3;2*1H;/q;;;;;+2/p-2. The van der Waals surface area contributed by atoms with Crippen molar-refractivity contribution in [1.82, 2.24) is 0 Å². The van der Waals surface area contributed by atoms with Gasteiger partial charge in [0, 0.05) is 0 Å². The molecule has 2 aliphatic carbocycles. The number of aryl methyl sites for hydroxylation is 3. The molecule has 1 unspecified atom stereocenters. The van der Waals surface area contributed by atoms with E-state index >= 15 is 0 Å². The number of halogens is 2. The largest absolute Gasteiger partial charge is 1.00 e. The molecule has 0 N–H and O–H groups in total. The fourth-order valence-electron chi connectivity index (χ4n) is 6.78. The van der Waals surface area contributed by atoms with Crippen molar-refractivity contribution >= 4 is 17.2 Å². The van der Waals surface area contributed by atoms with E-state index in [0.717, 1.165) is 6.42 Å². The summed E-state index contributed by atoms with van der Waals surface area (Å²) in [6.45, 7) is 21.3. The molecular weight excluding hydrogens is 631 g/mol. The van der Waals surface area contributed by atoms with E-state index in [-0.39, 0.29) is 30.2 Å². The average Bonchev–Trinajstić information content (AvgIpc) is 3.46. The molecule has 0 amide bonds. The molecule has 216 valence electrons. The van der Waals surface area contributed by atoms with Gasteiger partial charge in [0.15, 0.2) is 0 Å². The van der Waals surface area contributed by atoms with Gasteiger partial charge in [0.25, 0.3) is 0 Å². The quantitative estimate of drug-likeness (QED) is 0.275. The van der Waals surface area contributed by atoms with Gasteiger partial charge in [-0.2, -0.15) is 0 Å². The second-order valence-electron chi connectivity index (χ2n) is 13.3. The van der Waals surface area contributed by atoms with E-state index in [1.54, 1.807) is 15.3 Å². The van der Waals surface area contributed by atoms with Gasteiger partial charge in [0.1, 0.15) is 0 Å². The minimum atomic E-state index is -2.58. The Hall–Kier alpha value is -2.05. The maximum atomic E-state index is 2.63. The van der Waals surface area contributed by atoms with Crippen LogP contribution >= 0.6 is 0 Å². The van der Waals surface area contributed by atoms with Gasteiger partial charge >= 0.3 is 250 Å². The van der Waals surface area contributed by atoms with Crippen molar-refractivity contribution < 1.29 is 46.1 Å². The Kier molecular flexibility index (Phi) is 9.51. The van der Waals surface area contributed by atoms with Crippen molar-refractivity contribution in [2.45, 2.75) is 68.7 Å². The molecule has 6 rings (SSSR count). The molecule has 0 fully saturated rings. The maximum Gasteiger partial charge on any atom is -1.00 e. The minimum Gasteiger partial charge on any atom is -1.00 e. The van der Waals surface area contributed by atoms with E-state index in [1.807, 2.05) is 0 Å². The molecule has 0 aliphatic heterocycles. The van der Waals surface area contributed by atoms with Crippen molar-refractivity contribution in [2.24, 2.45) is 11.3 Å². The molecule has 4 aromatic rings. The monoisotopic (exact) mass is 670 g/mol. The molecule has 0 radical (unpaired) electrons. The molecule has 4 aromatic carbocycles. The Labute approximate surface area is 273 Å². The first-order valence-corrected chi connectivity index (χ1v) is 18.5. The van der Waals surface area contributed by atoms with E-state index in [9.17, 15) is 0 Å². The van der Waals surface area contributed by atoms with Gasteiger partial charge in [-0.3, -0.25) is 0 Å². The van der Waals surface area contributed by atoms with Crippen LogP contribution < -0.4 is 28.1 Å². The van der Waals surface area contributed by atoms with E-state index < -0.39 is 21.3 Å². The fourth-order valence-corrected chi connectivity index (χ4v) is 15.3. The summed E-state index contributed by atoms with van der Waals surface area (Å²) < 4.78 is 5.11. The van der Waals surface area contributed by atoms with Crippen LogP contribution in [0.2, 0.25) is 0 Å². The van der Waals surface area contributed by atoms with Gasteiger partial charge in [-0.05, 0) is 0 Å². The Morgan fingerprint density at radius 2 is 1.43 bits per heavy atom. The second kappa shape index (κ2) is 12.2. The molecule has 0 saturated heterocycles. The first-order valence-electron chi connectivity index (χ1n) is 14.8. The first-order chi connectivity index (χ1) is 18.9. The molecule has 0 nitrogen and oxygen atoms in total. The normalized spacial score (nSPS) is 15.7. The maximum absolute atomic E-state index is 2.63. The number of allylic oxidation sites excluding steroid dienone is 4.